The fraction of sp³-hybridized carbons (Fsp3) is 1.00. The van der Waals surface area contributed by atoms with Gasteiger partial charge in [0.25, 0.3) is 0 Å². The molecule has 1 fully saturated rings. The van der Waals surface area contributed by atoms with E-state index in [0.717, 1.165) is 19.6 Å². The molecule has 1 saturated heterocycles. The number of likely N-dealkylation sites (tertiary alicyclic amines) is 1. The minimum atomic E-state index is -0.383. The molecule has 0 saturated carbocycles. The predicted molar refractivity (Wildman–Crippen MR) is 72.8 cm³/mol. The van der Waals surface area contributed by atoms with Gasteiger partial charge in [-0.05, 0) is 31.2 Å². The van der Waals surface area contributed by atoms with Gasteiger partial charge in [0.05, 0.1) is 25.9 Å². The molecule has 0 amide bonds. The van der Waals surface area contributed by atoms with Crippen molar-refractivity contribution in [3.8, 4) is 0 Å². The van der Waals surface area contributed by atoms with Crippen LogP contribution in [-0.2, 0) is 9.47 Å². The van der Waals surface area contributed by atoms with E-state index < -0.39 is 0 Å². The third-order valence-corrected chi connectivity index (χ3v) is 4.23. The molecule has 1 N–H and O–H groups in total. The maximum atomic E-state index is 9.92. The first kappa shape index (κ1) is 15.9. The van der Waals surface area contributed by atoms with Crippen molar-refractivity contribution in [2.75, 3.05) is 46.6 Å². The average Bonchev–Trinajstić information content (AvgIpc) is 2.79. The number of ether oxygens (including phenoxy) is 2. The molecule has 0 aromatic rings. The van der Waals surface area contributed by atoms with Crippen LogP contribution >= 0.6 is 0 Å². The van der Waals surface area contributed by atoms with Gasteiger partial charge in [0.1, 0.15) is 0 Å². The number of nitrogens with zero attached hydrogens (tertiary/aromatic N) is 1. The van der Waals surface area contributed by atoms with Gasteiger partial charge >= 0.3 is 0 Å². The van der Waals surface area contributed by atoms with E-state index in [1.54, 1.807) is 7.11 Å². The van der Waals surface area contributed by atoms with Gasteiger partial charge in [-0.25, -0.2) is 0 Å². The van der Waals surface area contributed by atoms with Gasteiger partial charge in [-0.2, -0.15) is 0 Å². The van der Waals surface area contributed by atoms with Crippen LogP contribution < -0.4 is 0 Å². The Hall–Kier alpha value is -0.160. The lowest BCUT2D eigenvalue weighted by Crippen LogP contribution is -2.35. The highest BCUT2D eigenvalue weighted by atomic mass is 16.5. The van der Waals surface area contributed by atoms with Gasteiger partial charge < -0.3 is 19.5 Å². The lowest BCUT2D eigenvalue weighted by Gasteiger charge is -2.27. The number of methoxy groups -OCH3 is 1. The monoisotopic (exact) mass is 259 g/mol. The molecule has 0 aromatic heterocycles. The molecule has 1 aliphatic heterocycles. The highest BCUT2D eigenvalue weighted by Gasteiger charge is 2.35. The lowest BCUT2D eigenvalue weighted by atomic mass is 9.82. The number of aliphatic hydroxyl groups is 1. The second-order valence-electron chi connectivity index (χ2n) is 5.41. The standard InChI is InChI=1S/C14H29NO3/c1-4-14(5-2)6-7-15(12-14)10-13(16)11-18-9-8-17-3/h13,16H,4-12H2,1-3H3. The normalized spacial score (nSPS) is 21.3. The third kappa shape index (κ3) is 4.84. The molecule has 1 aliphatic rings. The molecule has 4 nitrogen and oxygen atoms in total. The molecule has 1 atom stereocenters. The Morgan fingerprint density at radius 1 is 1.28 bits per heavy atom. The van der Waals surface area contributed by atoms with E-state index in [0.29, 0.717) is 25.2 Å². The van der Waals surface area contributed by atoms with Crippen molar-refractivity contribution in [3.05, 3.63) is 0 Å². The number of aliphatic hydroxyl groups excluding tert-OH is 1. The van der Waals surface area contributed by atoms with Crippen molar-refractivity contribution in [1.29, 1.82) is 0 Å². The molecule has 108 valence electrons. The fourth-order valence-corrected chi connectivity index (χ4v) is 2.72. The van der Waals surface area contributed by atoms with Crippen LogP contribution in [0.2, 0.25) is 0 Å². The minimum Gasteiger partial charge on any atom is -0.389 e. The number of hydrogen-bond donors (Lipinski definition) is 1. The third-order valence-electron chi connectivity index (χ3n) is 4.23. The van der Waals surface area contributed by atoms with E-state index in [2.05, 4.69) is 18.7 Å². The summed E-state index contributed by atoms with van der Waals surface area (Å²) in [6, 6.07) is 0. The SMILES string of the molecule is CCC1(CC)CCN(CC(O)COCCOC)C1. The Balaban J connectivity index is 2.19. The average molecular weight is 259 g/mol. The van der Waals surface area contributed by atoms with Crippen molar-refractivity contribution >= 4 is 0 Å². The highest BCUT2D eigenvalue weighted by molar-refractivity contribution is 4.88. The van der Waals surface area contributed by atoms with Gasteiger partial charge in [-0.15, -0.1) is 0 Å². The van der Waals surface area contributed by atoms with Gasteiger partial charge in [0.2, 0.25) is 0 Å². The Morgan fingerprint density at radius 2 is 2.00 bits per heavy atom. The molecular weight excluding hydrogens is 230 g/mol. The maximum absolute atomic E-state index is 9.92. The summed E-state index contributed by atoms with van der Waals surface area (Å²) in [5, 5.41) is 9.92. The summed E-state index contributed by atoms with van der Waals surface area (Å²) in [4.78, 5) is 2.37. The zero-order chi connectivity index (χ0) is 13.4. The van der Waals surface area contributed by atoms with Crippen molar-refractivity contribution in [2.45, 2.75) is 39.2 Å². The van der Waals surface area contributed by atoms with Crippen LogP contribution in [0.4, 0.5) is 0 Å². The summed E-state index contributed by atoms with van der Waals surface area (Å²) >= 11 is 0. The molecular formula is C14H29NO3. The van der Waals surface area contributed by atoms with E-state index in [1.165, 1.54) is 19.3 Å². The van der Waals surface area contributed by atoms with Crippen molar-refractivity contribution in [3.63, 3.8) is 0 Å². The maximum Gasteiger partial charge on any atom is 0.0900 e. The summed E-state index contributed by atoms with van der Waals surface area (Å²) in [5.41, 5.74) is 0.483. The summed E-state index contributed by atoms with van der Waals surface area (Å²) in [6.07, 6.45) is 3.35. The zero-order valence-electron chi connectivity index (χ0n) is 12.2. The van der Waals surface area contributed by atoms with Gasteiger partial charge in [-0.3, -0.25) is 0 Å². The van der Waals surface area contributed by atoms with Crippen molar-refractivity contribution < 1.29 is 14.6 Å². The molecule has 1 heterocycles. The molecule has 18 heavy (non-hydrogen) atoms. The van der Waals surface area contributed by atoms with Crippen LogP contribution in [0.15, 0.2) is 0 Å². The Labute approximate surface area is 111 Å². The topological polar surface area (TPSA) is 41.9 Å². The molecule has 0 bridgehead atoms. The predicted octanol–water partition coefficient (Wildman–Crippen LogP) is 1.52. The van der Waals surface area contributed by atoms with Crippen LogP contribution in [0.1, 0.15) is 33.1 Å². The van der Waals surface area contributed by atoms with Crippen molar-refractivity contribution in [2.24, 2.45) is 5.41 Å². The van der Waals surface area contributed by atoms with Crippen LogP contribution in [0.25, 0.3) is 0 Å². The smallest absolute Gasteiger partial charge is 0.0900 e. The van der Waals surface area contributed by atoms with E-state index >= 15 is 0 Å². The van der Waals surface area contributed by atoms with Crippen LogP contribution in [0, 0.1) is 5.41 Å². The summed E-state index contributed by atoms with van der Waals surface area (Å²) in [6.45, 7) is 9.06. The zero-order valence-corrected chi connectivity index (χ0v) is 12.2. The Kier molecular flexibility index (Phi) is 7.15. The van der Waals surface area contributed by atoms with Crippen LogP contribution in [0.5, 0.6) is 0 Å². The van der Waals surface area contributed by atoms with Crippen molar-refractivity contribution in [1.82, 2.24) is 4.90 Å². The van der Waals surface area contributed by atoms with Gasteiger partial charge in [0.15, 0.2) is 0 Å². The van der Waals surface area contributed by atoms with Crippen LogP contribution in [-0.4, -0.2) is 62.7 Å². The van der Waals surface area contributed by atoms with Gasteiger partial charge in [-0.1, -0.05) is 13.8 Å². The first-order valence-electron chi connectivity index (χ1n) is 7.13. The first-order chi connectivity index (χ1) is 8.65. The number of rotatable bonds is 9. The Morgan fingerprint density at radius 3 is 2.56 bits per heavy atom. The molecule has 0 spiro atoms. The number of β-amino-alcohol motifs (C(OH)–C–C–N with tert-alkyl or cyclic N) is 1. The minimum absolute atomic E-state index is 0.383. The van der Waals surface area contributed by atoms with Gasteiger partial charge in [0, 0.05) is 20.2 Å². The van der Waals surface area contributed by atoms with E-state index in [4.69, 9.17) is 9.47 Å². The fourth-order valence-electron chi connectivity index (χ4n) is 2.72. The molecule has 0 radical (unpaired) electrons. The second kappa shape index (κ2) is 8.10. The molecule has 1 rings (SSSR count). The molecule has 4 heteroatoms. The quantitative estimate of drug-likeness (QED) is 0.638. The summed E-state index contributed by atoms with van der Waals surface area (Å²) in [7, 11) is 1.65. The summed E-state index contributed by atoms with van der Waals surface area (Å²) < 4.78 is 10.2. The molecule has 0 aromatic carbocycles. The summed E-state index contributed by atoms with van der Waals surface area (Å²) in [5.74, 6) is 0. The number of hydrogen-bond acceptors (Lipinski definition) is 4. The molecule has 0 aliphatic carbocycles. The Bertz CT molecular complexity index is 219. The van der Waals surface area contributed by atoms with E-state index in [9.17, 15) is 5.11 Å². The van der Waals surface area contributed by atoms with E-state index in [1.807, 2.05) is 0 Å². The van der Waals surface area contributed by atoms with E-state index in [-0.39, 0.29) is 6.10 Å². The lowest BCUT2D eigenvalue weighted by molar-refractivity contribution is 0.000838. The highest BCUT2D eigenvalue weighted by Crippen LogP contribution is 2.36. The largest absolute Gasteiger partial charge is 0.389 e. The second-order valence-corrected chi connectivity index (χ2v) is 5.41. The van der Waals surface area contributed by atoms with Crippen LogP contribution in [0.3, 0.4) is 0 Å². The molecule has 1 unspecified atom stereocenters. The first-order valence-corrected chi connectivity index (χ1v) is 7.13.